The van der Waals surface area contributed by atoms with Crippen LogP contribution in [0, 0.1) is 5.92 Å². The summed E-state index contributed by atoms with van der Waals surface area (Å²) >= 11 is 0. The Morgan fingerprint density at radius 1 is 1.21 bits per heavy atom. The van der Waals surface area contributed by atoms with E-state index >= 15 is 0 Å². The van der Waals surface area contributed by atoms with Gasteiger partial charge in [-0.3, -0.25) is 0 Å². The third-order valence-corrected chi connectivity index (χ3v) is 6.03. The predicted octanol–water partition coefficient (Wildman–Crippen LogP) is 4.93. The number of benzene rings is 1. The highest BCUT2D eigenvalue weighted by molar-refractivity contribution is 5.52. The van der Waals surface area contributed by atoms with Crippen LogP contribution in [0.4, 0.5) is 0 Å². The van der Waals surface area contributed by atoms with Gasteiger partial charge in [-0.15, -0.1) is 0 Å². The molecule has 134 valence electrons. The molecule has 1 heterocycles. The number of unbranched alkanes of at least 4 members (excludes halogenated alkanes) is 2. The van der Waals surface area contributed by atoms with Crippen LogP contribution in [0.2, 0.25) is 0 Å². The van der Waals surface area contributed by atoms with Crippen LogP contribution in [0.5, 0.6) is 11.5 Å². The fourth-order valence-corrected chi connectivity index (χ4v) is 4.73. The van der Waals surface area contributed by atoms with Gasteiger partial charge in [0.1, 0.15) is 17.1 Å². The number of hydrogen-bond acceptors (Lipinski definition) is 3. The van der Waals surface area contributed by atoms with Crippen molar-refractivity contribution in [2.75, 3.05) is 0 Å². The minimum Gasteiger partial charge on any atom is -0.508 e. The van der Waals surface area contributed by atoms with Gasteiger partial charge in [0.15, 0.2) is 0 Å². The van der Waals surface area contributed by atoms with Gasteiger partial charge < -0.3 is 14.9 Å². The lowest BCUT2D eigenvalue weighted by molar-refractivity contribution is -0.0659. The van der Waals surface area contributed by atoms with Gasteiger partial charge in [0.2, 0.25) is 0 Å². The van der Waals surface area contributed by atoms with Crippen molar-refractivity contribution in [1.82, 2.24) is 0 Å². The molecule has 0 unspecified atom stereocenters. The molecular weight excluding hydrogens is 300 g/mol. The summed E-state index contributed by atoms with van der Waals surface area (Å²) in [5.41, 5.74) is 1.15. The number of fused-ring (bicyclic) bond motifs is 3. The number of phenolic OH excluding ortho intramolecular Hbond substituents is 1. The Kier molecular flexibility index (Phi) is 4.59. The number of hydrogen-bond donors (Lipinski definition) is 2. The second-order valence-corrected chi connectivity index (χ2v) is 8.64. The molecule has 3 heteroatoms. The predicted molar refractivity (Wildman–Crippen MR) is 96.7 cm³/mol. The van der Waals surface area contributed by atoms with E-state index in [-0.39, 0.29) is 11.5 Å². The van der Waals surface area contributed by atoms with E-state index in [1.165, 1.54) is 12.8 Å². The molecule has 2 aliphatic rings. The molecule has 3 rings (SSSR count). The van der Waals surface area contributed by atoms with Gasteiger partial charge in [-0.1, -0.05) is 19.8 Å². The Hall–Kier alpha value is -1.22. The van der Waals surface area contributed by atoms with E-state index in [0.29, 0.717) is 18.1 Å². The number of rotatable bonds is 4. The van der Waals surface area contributed by atoms with Gasteiger partial charge in [-0.05, 0) is 70.6 Å². The highest BCUT2D eigenvalue weighted by Crippen LogP contribution is 2.56. The molecule has 0 aromatic heterocycles. The summed E-state index contributed by atoms with van der Waals surface area (Å²) in [6.45, 7) is 8.41. The van der Waals surface area contributed by atoms with Crippen LogP contribution < -0.4 is 4.74 Å². The summed E-state index contributed by atoms with van der Waals surface area (Å²) in [6, 6.07) is 4.03. The SMILES string of the molecule is CCCCCc1cc(O)c2c(c1)OC(C)(C)[C@@H]1CC[C@@](C)(O)C[C@@H]21. The Morgan fingerprint density at radius 2 is 1.96 bits per heavy atom. The number of aromatic hydroxyl groups is 1. The summed E-state index contributed by atoms with van der Waals surface area (Å²) in [7, 11) is 0. The minimum absolute atomic E-state index is 0.164. The summed E-state index contributed by atoms with van der Waals surface area (Å²) in [5.74, 6) is 1.67. The van der Waals surface area contributed by atoms with Crippen molar-refractivity contribution >= 4 is 0 Å². The number of phenols is 1. The molecule has 2 N–H and O–H groups in total. The third kappa shape index (κ3) is 3.28. The van der Waals surface area contributed by atoms with Gasteiger partial charge in [0, 0.05) is 17.4 Å². The van der Waals surface area contributed by atoms with E-state index in [1.807, 2.05) is 13.0 Å². The topological polar surface area (TPSA) is 49.7 Å². The van der Waals surface area contributed by atoms with Crippen molar-refractivity contribution in [3.63, 3.8) is 0 Å². The lowest BCUT2D eigenvalue weighted by Crippen LogP contribution is -2.49. The summed E-state index contributed by atoms with van der Waals surface area (Å²) < 4.78 is 6.34. The van der Waals surface area contributed by atoms with Crippen LogP contribution in [0.15, 0.2) is 12.1 Å². The average molecular weight is 332 g/mol. The fourth-order valence-electron chi connectivity index (χ4n) is 4.73. The standard InChI is InChI=1S/C21H32O3/c1-5-6-7-8-14-11-17(22)19-15-13-21(4,23)10-9-16(15)20(2,3)24-18(19)12-14/h11-12,15-16,22-23H,5-10,13H2,1-4H3/t15-,16-,21-/m1/s1. The molecule has 3 atom stereocenters. The van der Waals surface area contributed by atoms with Crippen LogP contribution in [0.1, 0.15) is 83.3 Å². The molecule has 0 bridgehead atoms. The van der Waals surface area contributed by atoms with E-state index in [2.05, 4.69) is 26.8 Å². The Labute approximate surface area is 146 Å². The van der Waals surface area contributed by atoms with Gasteiger partial charge in [-0.2, -0.15) is 0 Å². The number of aliphatic hydroxyl groups is 1. The Bertz CT molecular complexity index is 603. The van der Waals surface area contributed by atoms with Crippen molar-refractivity contribution in [3.8, 4) is 11.5 Å². The molecule has 1 saturated carbocycles. The van der Waals surface area contributed by atoms with Crippen LogP contribution in [-0.4, -0.2) is 21.4 Å². The normalized spacial score (nSPS) is 31.0. The third-order valence-electron chi connectivity index (χ3n) is 6.03. The van der Waals surface area contributed by atoms with Crippen molar-refractivity contribution in [2.24, 2.45) is 5.92 Å². The minimum atomic E-state index is -0.655. The zero-order valence-electron chi connectivity index (χ0n) is 15.6. The lowest BCUT2D eigenvalue weighted by Gasteiger charge is -2.50. The molecule has 1 aromatic rings. The number of aryl methyl sites for hydroxylation is 1. The Morgan fingerprint density at radius 3 is 2.67 bits per heavy atom. The van der Waals surface area contributed by atoms with Gasteiger partial charge in [-0.25, -0.2) is 0 Å². The maximum atomic E-state index is 10.7. The number of ether oxygens (including phenoxy) is 1. The van der Waals surface area contributed by atoms with E-state index in [0.717, 1.165) is 42.6 Å². The molecule has 0 radical (unpaired) electrons. The van der Waals surface area contributed by atoms with Crippen LogP contribution in [-0.2, 0) is 6.42 Å². The molecule has 3 nitrogen and oxygen atoms in total. The van der Waals surface area contributed by atoms with E-state index in [4.69, 9.17) is 4.74 Å². The molecule has 0 spiro atoms. The maximum absolute atomic E-state index is 10.7. The fraction of sp³-hybridized carbons (Fsp3) is 0.714. The monoisotopic (exact) mass is 332 g/mol. The lowest BCUT2D eigenvalue weighted by atomic mass is 9.63. The molecule has 0 amide bonds. The molecule has 1 aromatic carbocycles. The zero-order chi connectivity index (χ0) is 17.5. The van der Waals surface area contributed by atoms with Gasteiger partial charge >= 0.3 is 0 Å². The maximum Gasteiger partial charge on any atom is 0.127 e. The largest absolute Gasteiger partial charge is 0.508 e. The molecule has 1 aliphatic heterocycles. The zero-order valence-corrected chi connectivity index (χ0v) is 15.6. The molecule has 1 fully saturated rings. The van der Waals surface area contributed by atoms with Crippen LogP contribution in [0.3, 0.4) is 0 Å². The second kappa shape index (κ2) is 6.25. The molecule has 24 heavy (non-hydrogen) atoms. The van der Waals surface area contributed by atoms with E-state index in [9.17, 15) is 10.2 Å². The first-order valence-electron chi connectivity index (χ1n) is 9.51. The smallest absolute Gasteiger partial charge is 0.127 e. The molecule has 0 saturated heterocycles. The second-order valence-electron chi connectivity index (χ2n) is 8.64. The molecular formula is C21H32O3. The van der Waals surface area contributed by atoms with Crippen molar-refractivity contribution < 1.29 is 14.9 Å². The van der Waals surface area contributed by atoms with Gasteiger partial charge in [0.25, 0.3) is 0 Å². The average Bonchev–Trinajstić information content (AvgIpc) is 2.44. The first kappa shape index (κ1) is 17.6. The van der Waals surface area contributed by atoms with Crippen LogP contribution in [0.25, 0.3) is 0 Å². The Balaban J connectivity index is 1.96. The summed E-state index contributed by atoms with van der Waals surface area (Å²) in [4.78, 5) is 0. The highest BCUT2D eigenvalue weighted by atomic mass is 16.5. The van der Waals surface area contributed by atoms with E-state index in [1.54, 1.807) is 0 Å². The summed E-state index contributed by atoms with van der Waals surface area (Å²) in [6.07, 6.45) is 6.94. The van der Waals surface area contributed by atoms with Crippen molar-refractivity contribution in [3.05, 3.63) is 23.3 Å². The highest BCUT2D eigenvalue weighted by Gasteiger charge is 2.49. The van der Waals surface area contributed by atoms with Crippen molar-refractivity contribution in [1.29, 1.82) is 0 Å². The van der Waals surface area contributed by atoms with E-state index < -0.39 is 5.60 Å². The quantitative estimate of drug-likeness (QED) is 0.769. The summed E-state index contributed by atoms with van der Waals surface area (Å²) in [5, 5.41) is 21.3. The first-order chi connectivity index (χ1) is 11.2. The van der Waals surface area contributed by atoms with Crippen molar-refractivity contribution in [2.45, 2.75) is 89.8 Å². The first-order valence-corrected chi connectivity index (χ1v) is 9.51. The van der Waals surface area contributed by atoms with Crippen LogP contribution >= 0.6 is 0 Å². The molecule has 1 aliphatic carbocycles. The van der Waals surface area contributed by atoms with Gasteiger partial charge in [0.05, 0.1) is 5.60 Å².